The second-order valence-electron chi connectivity index (χ2n) is 9.28. The molecule has 4 aromatic rings. The summed E-state index contributed by atoms with van der Waals surface area (Å²) in [4.78, 5) is 17.2. The number of rotatable bonds is 6. The summed E-state index contributed by atoms with van der Waals surface area (Å²) in [6.07, 6.45) is 1.16. The lowest BCUT2D eigenvalue weighted by Crippen LogP contribution is -2.25. The molecule has 4 N–H and O–H groups in total. The zero-order chi connectivity index (χ0) is 27.0. The average Bonchev–Trinajstić information content (AvgIpc) is 2.92. The van der Waals surface area contributed by atoms with E-state index in [1.165, 1.54) is 18.3 Å². The van der Waals surface area contributed by atoms with Gasteiger partial charge in [-0.25, -0.2) is 8.78 Å². The normalized spacial score (nSPS) is 15.9. The summed E-state index contributed by atoms with van der Waals surface area (Å²) in [5.74, 6) is -1.66. The Hall–Kier alpha value is -4.43. The number of fused-ring (bicyclic) bond motifs is 2. The molecular weight excluding hydrogens is 486 g/mol. The largest absolute Gasteiger partial charge is 0.384 e. The van der Waals surface area contributed by atoms with Crippen LogP contribution in [-0.2, 0) is 11.3 Å². The van der Waals surface area contributed by atoms with Crippen LogP contribution in [0.2, 0.25) is 0 Å². The Balaban J connectivity index is 1.42. The first-order valence-electron chi connectivity index (χ1n) is 12.1. The molecule has 2 atom stereocenters. The summed E-state index contributed by atoms with van der Waals surface area (Å²) < 4.78 is 33.8. The van der Waals surface area contributed by atoms with E-state index in [0.29, 0.717) is 27.9 Å². The van der Waals surface area contributed by atoms with Gasteiger partial charge in [-0.3, -0.25) is 15.2 Å². The molecule has 0 aliphatic heterocycles. The highest BCUT2D eigenvalue weighted by atomic mass is 19.1. The van der Waals surface area contributed by atoms with E-state index in [4.69, 9.17) is 15.9 Å². The van der Waals surface area contributed by atoms with Crippen LogP contribution in [0.25, 0.3) is 11.1 Å². The SMILES string of the molecule is CO[C@@H]1c2ccc(C(=O)NCc3ccc(C(=N)N)cn3)cc2[C@H](C)c2cc(-c3ccc(F)cc3F)ccc21. The minimum Gasteiger partial charge on any atom is -0.384 e. The Bertz CT molecular complexity index is 1550. The molecule has 0 fully saturated rings. The number of ether oxygens (including phenoxy) is 1. The Labute approximate surface area is 219 Å². The van der Waals surface area contributed by atoms with Crippen LogP contribution in [0.3, 0.4) is 0 Å². The number of nitrogen functional groups attached to an aromatic ring is 1. The Morgan fingerprint density at radius 1 is 0.974 bits per heavy atom. The van der Waals surface area contributed by atoms with Gasteiger partial charge in [-0.1, -0.05) is 31.2 Å². The first kappa shape index (κ1) is 25.2. The van der Waals surface area contributed by atoms with Gasteiger partial charge >= 0.3 is 0 Å². The highest BCUT2D eigenvalue weighted by molar-refractivity contribution is 5.95. The molecule has 3 aromatic carbocycles. The van der Waals surface area contributed by atoms with E-state index < -0.39 is 11.6 Å². The molecule has 1 aromatic heterocycles. The Morgan fingerprint density at radius 3 is 2.34 bits per heavy atom. The van der Waals surface area contributed by atoms with Crippen LogP contribution in [0.15, 0.2) is 72.9 Å². The number of nitrogens with one attached hydrogen (secondary N) is 2. The molecule has 38 heavy (non-hydrogen) atoms. The van der Waals surface area contributed by atoms with Crippen LogP contribution in [0.5, 0.6) is 0 Å². The summed E-state index contributed by atoms with van der Waals surface area (Å²) >= 11 is 0. The molecule has 0 unspecified atom stereocenters. The van der Waals surface area contributed by atoms with Gasteiger partial charge in [-0.15, -0.1) is 0 Å². The van der Waals surface area contributed by atoms with Crippen molar-refractivity contribution in [2.75, 3.05) is 7.11 Å². The molecule has 1 heterocycles. The van der Waals surface area contributed by atoms with Crippen LogP contribution in [0.1, 0.15) is 62.8 Å². The predicted octanol–water partition coefficient (Wildman–Crippen LogP) is 5.44. The second kappa shape index (κ2) is 10.1. The van der Waals surface area contributed by atoms with Crippen LogP contribution >= 0.6 is 0 Å². The first-order valence-corrected chi connectivity index (χ1v) is 12.1. The molecule has 0 spiro atoms. The first-order chi connectivity index (χ1) is 18.3. The van der Waals surface area contributed by atoms with Gasteiger partial charge < -0.3 is 15.8 Å². The summed E-state index contributed by atoms with van der Waals surface area (Å²) in [6, 6.07) is 18.2. The highest BCUT2D eigenvalue weighted by Gasteiger charge is 2.31. The molecule has 0 radical (unpaired) electrons. The molecule has 0 saturated heterocycles. The number of amidine groups is 1. The van der Waals surface area contributed by atoms with Crippen LogP contribution in [0.4, 0.5) is 8.78 Å². The number of amides is 1. The van der Waals surface area contributed by atoms with E-state index in [0.717, 1.165) is 28.3 Å². The number of nitrogens with zero attached hydrogens (tertiary/aromatic N) is 1. The number of halogens is 2. The maximum atomic E-state index is 14.5. The predicted molar refractivity (Wildman–Crippen MR) is 141 cm³/mol. The van der Waals surface area contributed by atoms with Gasteiger partial charge in [0, 0.05) is 42.0 Å². The number of pyridine rings is 1. The summed E-state index contributed by atoms with van der Waals surface area (Å²) in [7, 11) is 1.63. The third-order valence-electron chi connectivity index (χ3n) is 6.98. The van der Waals surface area contributed by atoms with E-state index in [1.807, 2.05) is 37.3 Å². The van der Waals surface area contributed by atoms with Gasteiger partial charge in [0.1, 0.15) is 23.6 Å². The third kappa shape index (κ3) is 4.66. The number of nitrogens with two attached hydrogens (primary N) is 1. The molecule has 1 amide bonds. The summed E-state index contributed by atoms with van der Waals surface area (Å²) in [5, 5.41) is 10.3. The molecule has 1 aliphatic carbocycles. The lowest BCUT2D eigenvalue weighted by Gasteiger charge is -2.32. The van der Waals surface area contributed by atoms with Gasteiger partial charge in [0.15, 0.2) is 0 Å². The van der Waals surface area contributed by atoms with E-state index in [1.54, 1.807) is 25.3 Å². The number of carbonyl (C=O) groups excluding carboxylic acids is 1. The molecule has 0 saturated carbocycles. The van der Waals surface area contributed by atoms with Gasteiger partial charge in [0.25, 0.3) is 5.91 Å². The van der Waals surface area contributed by atoms with E-state index in [-0.39, 0.29) is 30.3 Å². The quantitative estimate of drug-likeness (QED) is 0.236. The lowest BCUT2D eigenvalue weighted by molar-refractivity contribution is 0.0949. The number of carbonyl (C=O) groups is 1. The highest BCUT2D eigenvalue weighted by Crippen LogP contribution is 2.45. The maximum Gasteiger partial charge on any atom is 0.251 e. The third-order valence-corrected chi connectivity index (χ3v) is 6.98. The van der Waals surface area contributed by atoms with Crippen molar-refractivity contribution in [3.8, 4) is 11.1 Å². The van der Waals surface area contributed by atoms with Crippen molar-refractivity contribution in [2.24, 2.45) is 5.73 Å². The smallest absolute Gasteiger partial charge is 0.251 e. The fourth-order valence-corrected chi connectivity index (χ4v) is 4.96. The summed E-state index contributed by atoms with van der Waals surface area (Å²) in [5.41, 5.74) is 11.9. The van der Waals surface area contributed by atoms with Crippen molar-refractivity contribution in [3.05, 3.63) is 124 Å². The second-order valence-corrected chi connectivity index (χ2v) is 9.28. The van der Waals surface area contributed by atoms with Crippen molar-refractivity contribution >= 4 is 11.7 Å². The van der Waals surface area contributed by atoms with Crippen LogP contribution in [-0.4, -0.2) is 23.8 Å². The number of benzene rings is 3. The lowest BCUT2D eigenvalue weighted by atomic mass is 9.76. The van der Waals surface area contributed by atoms with Crippen molar-refractivity contribution in [3.63, 3.8) is 0 Å². The van der Waals surface area contributed by atoms with Crippen molar-refractivity contribution in [2.45, 2.75) is 25.5 Å². The van der Waals surface area contributed by atoms with Gasteiger partial charge in [0.2, 0.25) is 0 Å². The average molecular weight is 513 g/mol. The van der Waals surface area contributed by atoms with Crippen LogP contribution in [0, 0.1) is 17.0 Å². The number of aromatic nitrogens is 1. The molecular formula is C30H26F2N4O2. The van der Waals surface area contributed by atoms with E-state index in [2.05, 4.69) is 10.3 Å². The van der Waals surface area contributed by atoms with Gasteiger partial charge in [0.05, 0.1) is 12.2 Å². The van der Waals surface area contributed by atoms with Crippen LogP contribution < -0.4 is 11.1 Å². The number of hydrogen-bond acceptors (Lipinski definition) is 4. The minimum absolute atomic E-state index is 0.0675. The molecule has 0 bridgehead atoms. The van der Waals surface area contributed by atoms with Crippen molar-refractivity contribution in [1.82, 2.24) is 10.3 Å². The standard InChI is InChI=1S/C30H26F2N4O2/c1-16-25-11-17(22-10-6-20(31)13-27(22)32)4-8-23(25)28(38-2)24-9-5-18(12-26(16)24)30(37)36-15-21-7-3-19(14-35-21)29(33)34/h3-14,16,28H,15H2,1-2H3,(H3,33,34)(H,36,37)/t16-,28+/m1/s1. The fourth-order valence-electron chi connectivity index (χ4n) is 4.96. The Morgan fingerprint density at radius 2 is 1.68 bits per heavy atom. The molecule has 8 heteroatoms. The van der Waals surface area contributed by atoms with E-state index >= 15 is 0 Å². The maximum absolute atomic E-state index is 14.5. The Kier molecular flexibility index (Phi) is 6.73. The van der Waals surface area contributed by atoms with Gasteiger partial charge in [-0.2, -0.15) is 0 Å². The molecule has 192 valence electrons. The zero-order valence-corrected chi connectivity index (χ0v) is 20.9. The molecule has 6 nitrogen and oxygen atoms in total. The number of methoxy groups -OCH3 is 1. The fraction of sp³-hybridized carbons (Fsp3) is 0.167. The monoisotopic (exact) mass is 512 g/mol. The van der Waals surface area contributed by atoms with E-state index in [9.17, 15) is 13.6 Å². The molecule has 5 rings (SSSR count). The summed E-state index contributed by atoms with van der Waals surface area (Å²) in [6.45, 7) is 2.26. The minimum atomic E-state index is -0.624. The van der Waals surface area contributed by atoms with Crippen molar-refractivity contribution < 1.29 is 18.3 Å². The zero-order valence-electron chi connectivity index (χ0n) is 20.9. The number of hydrogen-bond donors (Lipinski definition) is 3. The van der Waals surface area contributed by atoms with Crippen molar-refractivity contribution in [1.29, 1.82) is 5.41 Å². The molecule has 1 aliphatic rings. The topological polar surface area (TPSA) is 101 Å². The van der Waals surface area contributed by atoms with Gasteiger partial charge in [-0.05, 0) is 64.2 Å².